The molecule has 0 aliphatic heterocycles. The molecule has 1 N–H and O–H groups in total. The van der Waals surface area contributed by atoms with E-state index in [2.05, 4.69) is 12.2 Å². The van der Waals surface area contributed by atoms with Gasteiger partial charge in [-0.05, 0) is 30.4 Å². The van der Waals surface area contributed by atoms with E-state index in [9.17, 15) is 9.59 Å². The van der Waals surface area contributed by atoms with Crippen molar-refractivity contribution in [1.29, 1.82) is 0 Å². The smallest absolute Gasteiger partial charge is 0.344 e. The molecule has 0 radical (unpaired) electrons. The summed E-state index contributed by atoms with van der Waals surface area (Å²) in [7, 11) is 0. The summed E-state index contributed by atoms with van der Waals surface area (Å²) in [5.41, 5.74) is 1.05. The third-order valence-corrected chi connectivity index (χ3v) is 5.53. The Morgan fingerprint density at radius 3 is 2.37 bits per heavy atom. The van der Waals surface area contributed by atoms with Gasteiger partial charge in [-0.1, -0.05) is 68.3 Å². The third kappa shape index (κ3) is 3.39. The Bertz CT molecular complexity index is 1020. The van der Waals surface area contributed by atoms with Crippen LogP contribution in [0.3, 0.4) is 0 Å². The van der Waals surface area contributed by atoms with Gasteiger partial charge in [0.15, 0.2) is 0 Å². The van der Waals surface area contributed by atoms with E-state index in [-0.39, 0.29) is 17.7 Å². The number of carbonyl (C=O) groups is 1. The van der Waals surface area contributed by atoms with Gasteiger partial charge in [0.2, 0.25) is 5.76 Å². The van der Waals surface area contributed by atoms with Gasteiger partial charge in [-0.25, -0.2) is 4.79 Å². The Morgan fingerprint density at radius 2 is 1.63 bits per heavy atom. The van der Waals surface area contributed by atoms with E-state index < -0.39 is 5.63 Å². The van der Waals surface area contributed by atoms with Crippen LogP contribution in [-0.4, -0.2) is 11.9 Å². The molecule has 1 fully saturated rings. The van der Waals surface area contributed by atoms with Crippen molar-refractivity contribution in [3.05, 3.63) is 70.8 Å². The second-order valence-corrected chi connectivity index (χ2v) is 7.35. The van der Waals surface area contributed by atoms with Crippen LogP contribution >= 0.6 is 0 Å². The summed E-state index contributed by atoms with van der Waals surface area (Å²) >= 11 is 0. The molecular weight excluding hydrogens is 338 g/mol. The van der Waals surface area contributed by atoms with Crippen molar-refractivity contribution < 1.29 is 9.21 Å². The lowest BCUT2D eigenvalue weighted by Crippen LogP contribution is -2.41. The first-order valence-electron chi connectivity index (χ1n) is 9.57. The number of hydrogen-bond acceptors (Lipinski definition) is 3. The van der Waals surface area contributed by atoms with Gasteiger partial charge < -0.3 is 9.73 Å². The molecule has 0 saturated heterocycles. The Labute approximate surface area is 158 Å². The molecule has 1 amide bonds. The predicted molar refractivity (Wildman–Crippen MR) is 107 cm³/mol. The molecule has 1 heterocycles. The molecule has 0 bridgehead atoms. The molecule has 3 aromatic rings. The lowest BCUT2D eigenvalue weighted by Gasteiger charge is -2.29. The summed E-state index contributed by atoms with van der Waals surface area (Å²) in [5, 5.41) is 4.34. The first-order chi connectivity index (χ1) is 13.1. The maximum atomic E-state index is 13.1. The molecule has 0 unspecified atom stereocenters. The van der Waals surface area contributed by atoms with Gasteiger partial charge in [-0.2, -0.15) is 0 Å². The van der Waals surface area contributed by atoms with Gasteiger partial charge in [0.05, 0.1) is 5.39 Å². The molecule has 1 aliphatic carbocycles. The van der Waals surface area contributed by atoms with E-state index in [1.807, 2.05) is 42.5 Å². The minimum Gasteiger partial charge on any atom is -0.416 e. The maximum absolute atomic E-state index is 13.1. The summed E-state index contributed by atoms with van der Waals surface area (Å²) in [5.74, 6) is 0.216. The minimum atomic E-state index is -0.480. The molecule has 138 valence electrons. The first-order valence-corrected chi connectivity index (χ1v) is 9.57. The fraction of sp³-hybridized carbons (Fsp3) is 0.304. The molecule has 1 saturated carbocycles. The lowest BCUT2D eigenvalue weighted by atomic mass is 9.86. The van der Waals surface area contributed by atoms with Gasteiger partial charge in [0.25, 0.3) is 5.91 Å². The summed E-state index contributed by atoms with van der Waals surface area (Å²) in [4.78, 5) is 25.6. The molecule has 27 heavy (non-hydrogen) atoms. The fourth-order valence-corrected chi connectivity index (χ4v) is 4.02. The van der Waals surface area contributed by atoms with Crippen molar-refractivity contribution in [3.8, 4) is 11.1 Å². The summed E-state index contributed by atoms with van der Waals surface area (Å²) in [6.07, 6.45) is 4.39. The zero-order valence-corrected chi connectivity index (χ0v) is 15.4. The van der Waals surface area contributed by atoms with Crippen molar-refractivity contribution in [2.45, 2.75) is 38.6 Å². The number of carbonyl (C=O) groups excluding carboxylic acids is 1. The van der Waals surface area contributed by atoms with Gasteiger partial charge in [0.1, 0.15) is 0 Å². The second kappa shape index (κ2) is 7.39. The van der Waals surface area contributed by atoms with Crippen molar-refractivity contribution in [2.75, 3.05) is 0 Å². The van der Waals surface area contributed by atoms with Crippen LogP contribution in [0.2, 0.25) is 0 Å². The lowest BCUT2D eigenvalue weighted by molar-refractivity contribution is 0.0879. The zero-order valence-electron chi connectivity index (χ0n) is 15.4. The molecule has 2 aromatic carbocycles. The molecular formula is C23H23NO3. The van der Waals surface area contributed by atoms with Crippen LogP contribution in [0.5, 0.6) is 0 Å². The van der Waals surface area contributed by atoms with E-state index in [1.54, 1.807) is 12.1 Å². The quantitative estimate of drug-likeness (QED) is 0.731. The number of hydrogen-bond donors (Lipinski definition) is 1. The normalized spacial score (nSPS) is 19.7. The molecule has 2 atom stereocenters. The molecule has 1 aromatic heterocycles. The number of benzene rings is 2. The van der Waals surface area contributed by atoms with E-state index in [0.29, 0.717) is 16.9 Å². The van der Waals surface area contributed by atoms with Crippen molar-refractivity contribution >= 4 is 16.7 Å². The average molecular weight is 361 g/mol. The predicted octanol–water partition coefficient (Wildman–Crippen LogP) is 4.77. The Kier molecular flexibility index (Phi) is 4.80. The highest BCUT2D eigenvalue weighted by atomic mass is 16.4. The van der Waals surface area contributed by atoms with E-state index in [4.69, 9.17) is 4.42 Å². The van der Waals surface area contributed by atoms with Crippen LogP contribution < -0.4 is 10.9 Å². The minimum absolute atomic E-state index is 0.0997. The van der Waals surface area contributed by atoms with Crippen LogP contribution in [0.4, 0.5) is 0 Å². The van der Waals surface area contributed by atoms with Gasteiger partial charge >= 0.3 is 5.63 Å². The van der Waals surface area contributed by atoms with Crippen LogP contribution in [0.15, 0.2) is 63.8 Å². The van der Waals surface area contributed by atoms with Gasteiger partial charge in [0, 0.05) is 17.0 Å². The molecule has 4 nitrogen and oxygen atoms in total. The standard InChI is InChI=1S/C23H23NO3/c1-15-9-5-8-14-19(15)24-22(25)21-20(16-10-3-2-4-11-16)17-12-6-7-13-18(17)23(26)27-21/h2-4,6-7,10-13,15,19H,5,8-9,14H2,1H3,(H,24,25)/t15-,19-/m1/s1. The van der Waals surface area contributed by atoms with Crippen LogP contribution in [-0.2, 0) is 0 Å². The van der Waals surface area contributed by atoms with Crippen LogP contribution in [0.1, 0.15) is 43.2 Å². The SMILES string of the molecule is C[C@@H]1CCCC[C@H]1NC(=O)c1oc(=O)c2ccccc2c1-c1ccccc1. The average Bonchev–Trinajstić information content (AvgIpc) is 2.70. The Balaban J connectivity index is 1.84. The zero-order chi connectivity index (χ0) is 18.8. The number of amides is 1. The van der Waals surface area contributed by atoms with Crippen LogP contribution in [0, 0.1) is 5.92 Å². The summed E-state index contributed by atoms with van der Waals surface area (Å²) in [6.45, 7) is 2.17. The van der Waals surface area contributed by atoms with Gasteiger partial charge in [-0.3, -0.25) is 4.79 Å². The highest BCUT2D eigenvalue weighted by Crippen LogP contribution is 2.31. The molecule has 4 heteroatoms. The number of fused-ring (bicyclic) bond motifs is 1. The van der Waals surface area contributed by atoms with Crippen molar-refractivity contribution in [3.63, 3.8) is 0 Å². The largest absolute Gasteiger partial charge is 0.416 e. The third-order valence-electron chi connectivity index (χ3n) is 5.53. The van der Waals surface area contributed by atoms with Gasteiger partial charge in [-0.15, -0.1) is 0 Å². The highest BCUT2D eigenvalue weighted by molar-refractivity contribution is 6.07. The molecule has 1 aliphatic rings. The Morgan fingerprint density at radius 1 is 0.963 bits per heavy atom. The summed E-state index contributed by atoms with van der Waals surface area (Å²) in [6, 6.07) is 17.0. The van der Waals surface area contributed by atoms with E-state index in [0.717, 1.165) is 30.2 Å². The topological polar surface area (TPSA) is 59.3 Å². The molecule has 0 spiro atoms. The first kappa shape index (κ1) is 17.5. The van der Waals surface area contributed by atoms with E-state index >= 15 is 0 Å². The summed E-state index contributed by atoms with van der Waals surface area (Å²) < 4.78 is 5.55. The Hall–Kier alpha value is -2.88. The monoisotopic (exact) mass is 361 g/mol. The molecule has 4 rings (SSSR count). The maximum Gasteiger partial charge on any atom is 0.344 e. The number of rotatable bonds is 3. The van der Waals surface area contributed by atoms with Crippen LogP contribution in [0.25, 0.3) is 21.9 Å². The second-order valence-electron chi connectivity index (χ2n) is 7.35. The van der Waals surface area contributed by atoms with Crippen molar-refractivity contribution in [2.24, 2.45) is 5.92 Å². The fourth-order valence-electron chi connectivity index (χ4n) is 4.02. The van der Waals surface area contributed by atoms with E-state index in [1.165, 1.54) is 6.42 Å². The number of nitrogens with one attached hydrogen (secondary N) is 1. The highest BCUT2D eigenvalue weighted by Gasteiger charge is 2.27. The van der Waals surface area contributed by atoms with Crippen molar-refractivity contribution in [1.82, 2.24) is 5.32 Å².